The molecule has 0 spiro atoms. The number of hydrogen-bond donors (Lipinski definition) is 2. The van der Waals surface area contributed by atoms with Crippen molar-refractivity contribution in [3.8, 4) is 5.75 Å². The molecule has 0 aliphatic carbocycles. The second-order valence-corrected chi connectivity index (χ2v) is 6.87. The van der Waals surface area contributed by atoms with Crippen molar-refractivity contribution in [3.05, 3.63) is 72.1 Å². The van der Waals surface area contributed by atoms with Crippen LogP contribution in [-0.4, -0.2) is 42.1 Å². The minimum atomic E-state index is -0.838. The quantitative estimate of drug-likeness (QED) is 0.482. The summed E-state index contributed by atoms with van der Waals surface area (Å²) in [5, 5.41) is 4.61. The van der Waals surface area contributed by atoms with Crippen molar-refractivity contribution in [2.75, 3.05) is 14.2 Å². The van der Waals surface area contributed by atoms with Crippen LogP contribution in [0.5, 0.6) is 5.75 Å². The van der Waals surface area contributed by atoms with Gasteiger partial charge in [0.1, 0.15) is 17.5 Å². The zero-order chi connectivity index (χ0) is 21.1. The van der Waals surface area contributed by atoms with Crippen molar-refractivity contribution in [3.63, 3.8) is 0 Å². The highest BCUT2D eigenvalue weighted by Crippen LogP contribution is 2.21. The molecule has 1 unspecified atom stereocenters. The molecular formula is C23H21N3O4. The third kappa shape index (κ3) is 3.82. The predicted octanol–water partition coefficient (Wildman–Crippen LogP) is 3.24. The summed E-state index contributed by atoms with van der Waals surface area (Å²) >= 11 is 0. The van der Waals surface area contributed by atoms with E-state index in [1.54, 1.807) is 31.4 Å². The Bertz CT molecular complexity index is 1230. The number of para-hydroxylation sites is 1. The van der Waals surface area contributed by atoms with Crippen molar-refractivity contribution in [1.29, 1.82) is 0 Å². The Hall–Kier alpha value is -3.87. The van der Waals surface area contributed by atoms with Crippen molar-refractivity contribution in [1.82, 2.24) is 15.3 Å². The lowest BCUT2D eigenvalue weighted by Crippen LogP contribution is -2.43. The second-order valence-electron chi connectivity index (χ2n) is 6.87. The highest BCUT2D eigenvalue weighted by molar-refractivity contribution is 5.97. The van der Waals surface area contributed by atoms with Crippen LogP contribution in [0.4, 0.5) is 0 Å². The second kappa shape index (κ2) is 8.24. The number of fused-ring (bicyclic) bond motifs is 2. The molecular weight excluding hydrogens is 382 g/mol. The molecule has 0 fully saturated rings. The molecule has 0 radical (unpaired) electrons. The fourth-order valence-corrected chi connectivity index (χ4v) is 3.45. The van der Waals surface area contributed by atoms with Crippen molar-refractivity contribution in [2.24, 2.45) is 0 Å². The third-order valence-electron chi connectivity index (χ3n) is 5.02. The first kappa shape index (κ1) is 19.4. The van der Waals surface area contributed by atoms with Crippen LogP contribution < -0.4 is 10.1 Å². The summed E-state index contributed by atoms with van der Waals surface area (Å²) in [6, 6.07) is 15.8. The van der Waals surface area contributed by atoms with Gasteiger partial charge in [0.2, 0.25) is 0 Å². The molecule has 1 atom stereocenters. The molecule has 2 aromatic heterocycles. The average Bonchev–Trinajstić information content (AvgIpc) is 3.20. The summed E-state index contributed by atoms with van der Waals surface area (Å²) in [6.07, 6.45) is 2.14. The number of carbonyl (C=O) groups excluding carboxylic acids is 2. The number of ether oxygens (including phenoxy) is 2. The van der Waals surface area contributed by atoms with Crippen molar-refractivity contribution in [2.45, 2.75) is 12.5 Å². The number of benzene rings is 2. The summed E-state index contributed by atoms with van der Waals surface area (Å²) in [5.41, 5.74) is 2.77. The highest BCUT2D eigenvalue weighted by atomic mass is 16.5. The van der Waals surface area contributed by atoms with Gasteiger partial charge in [-0.2, -0.15) is 0 Å². The zero-order valence-electron chi connectivity index (χ0n) is 16.6. The van der Waals surface area contributed by atoms with Crippen LogP contribution >= 0.6 is 0 Å². The molecule has 30 heavy (non-hydrogen) atoms. The van der Waals surface area contributed by atoms with Gasteiger partial charge >= 0.3 is 5.97 Å². The number of nitrogens with one attached hydrogen (secondary N) is 2. The topological polar surface area (TPSA) is 93.3 Å². The van der Waals surface area contributed by atoms with Gasteiger partial charge in [0.25, 0.3) is 5.91 Å². The van der Waals surface area contributed by atoms with E-state index in [-0.39, 0.29) is 5.69 Å². The summed E-state index contributed by atoms with van der Waals surface area (Å²) in [5.74, 6) is -0.242. The number of methoxy groups -OCH3 is 2. The van der Waals surface area contributed by atoms with Gasteiger partial charge in [-0.05, 0) is 35.9 Å². The van der Waals surface area contributed by atoms with Gasteiger partial charge in [-0.25, -0.2) is 9.78 Å². The number of amides is 1. The van der Waals surface area contributed by atoms with Crippen molar-refractivity contribution < 1.29 is 19.1 Å². The lowest BCUT2D eigenvalue weighted by Gasteiger charge is -2.16. The lowest BCUT2D eigenvalue weighted by atomic mass is 10.0. The molecule has 2 heterocycles. The number of nitrogens with zero attached hydrogens (tertiary/aromatic N) is 1. The van der Waals surface area contributed by atoms with Gasteiger partial charge in [0.05, 0.1) is 19.7 Å². The normalized spacial score (nSPS) is 11.9. The molecule has 4 rings (SSSR count). The van der Waals surface area contributed by atoms with Crippen LogP contribution in [-0.2, 0) is 16.0 Å². The van der Waals surface area contributed by atoms with E-state index in [0.29, 0.717) is 17.7 Å². The minimum absolute atomic E-state index is 0.223. The molecule has 2 aromatic carbocycles. The number of pyridine rings is 1. The number of carbonyl (C=O) groups is 2. The van der Waals surface area contributed by atoms with Crippen LogP contribution in [0.15, 0.2) is 60.8 Å². The van der Waals surface area contributed by atoms with E-state index in [2.05, 4.69) is 15.3 Å². The Morgan fingerprint density at radius 1 is 1.10 bits per heavy atom. The number of esters is 1. The van der Waals surface area contributed by atoms with E-state index < -0.39 is 17.9 Å². The average molecular weight is 403 g/mol. The summed E-state index contributed by atoms with van der Waals surface area (Å²) in [7, 11) is 2.90. The molecule has 1 amide bonds. The molecule has 0 aliphatic rings. The zero-order valence-corrected chi connectivity index (χ0v) is 16.6. The molecule has 2 N–H and O–H groups in total. The number of H-pyrrole nitrogens is 1. The third-order valence-corrected chi connectivity index (χ3v) is 5.02. The number of aromatic amines is 1. The fourth-order valence-electron chi connectivity index (χ4n) is 3.45. The van der Waals surface area contributed by atoms with Gasteiger partial charge in [0.15, 0.2) is 0 Å². The van der Waals surface area contributed by atoms with Gasteiger partial charge in [-0.15, -0.1) is 0 Å². The Labute approximate surface area is 173 Å². The van der Waals surface area contributed by atoms with E-state index in [0.717, 1.165) is 21.9 Å². The first-order valence-corrected chi connectivity index (χ1v) is 9.47. The molecule has 4 aromatic rings. The van der Waals surface area contributed by atoms with E-state index >= 15 is 0 Å². The maximum atomic E-state index is 12.8. The first-order valence-electron chi connectivity index (χ1n) is 9.47. The van der Waals surface area contributed by atoms with Gasteiger partial charge < -0.3 is 19.8 Å². The smallest absolute Gasteiger partial charge is 0.328 e. The van der Waals surface area contributed by atoms with E-state index in [1.807, 2.05) is 36.5 Å². The largest absolute Gasteiger partial charge is 0.497 e. The molecule has 152 valence electrons. The maximum absolute atomic E-state index is 12.8. The molecule has 0 saturated heterocycles. The van der Waals surface area contributed by atoms with E-state index in [4.69, 9.17) is 9.47 Å². The summed E-state index contributed by atoms with van der Waals surface area (Å²) < 4.78 is 10.1. The van der Waals surface area contributed by atoms with Crippen LogP contribution in [0.3, 0.4) is 0 Å². The highest BCUT2D eigenvalue weighted by Gasteiger charge is 2.24. The molecule has 7 heteroatoms. The molecule has 0 bridgehead atoms. The molecule has 0 saturated carbocycles. The SMILES string of the molecule is COC(=O)C(Cc1c[nH]c2ccccc12)NC(=O)c1ccc2cc(OC)ccc2n1. The Morgan fingerprint density at radius 2 is 1.93 bits per heavy atom. The number of rotatable bonds is 6. The van der Waals surface area contributed by atoms with Gasteiger partial charge in [0, 0.05) is 28.9 Å². The van der Waals surface area contributed by atoms with Crippen molar-refractivity contribution >= 4 is 33.7 Å². The first-order chi connectivity index (χ1) is 14.6. The van der Waals surface area contributed by atoms with Crippen LogP contribution in [0.2, 0.25) is 0 Å². The Kier molecular flexibility index (Phi) is 5.34. The molecule has 7 nitrogen and oxygen atoms in total. The van der Waals surface area contributed by atoms with E-state index in [1.165, 1.54) is 7.11 Å². The van der Waals surface area contributed by atoms with Gasteiger partial charge in [-0.1, -0.05) is 24.3 Å². The van der Waals surface area contributed by atoms with Crippen LogP contribution in [0.25, 0.3) is 21.8 Å². The maximum Gasteiger partial charge on any atom is 0.328 e. The van der Waals surface area contributed by atoms with E-state index in [9.17, 15) is 9.59 Å². The van der Waals surface area contributed by atoms with Crippen LogP contribution in [0, 0.1) is 0 Å². The monoisotopic (exact) mass is 403 g/mol. The summed E-state index contributed by atoms with van der Waals surface area (Å²) in [6.45, 7) is 0. The Balaban J connectivity index is 1.57. The van der Waals surface area contributed by atoms with Gasteiger partial charge in [-0.3, -0.25) is 4.79 Å². The summed E-state index contributed by atoms with van der Waals surface area (Å²) in [4.78, 5) is 32.8. The standard InChI is InChI=1S/C23H21N3O4/c1-29-16-8-10-18-14(11-16)7-9-20(25-18)22(27)26-21(23(28)30-2)12-15-13-24-19-6-4-3-5-17(15)19/h3-11,13,21,24H,12H2,1-2H3,(H,26,27). The fraction of sp³-hybridized carbons (Fsp3) is 0.174. The minimum Gasteiger partial charge on any atom is -0.497 e. The van der Waals surface area contributed by atoms with Crippen LogP contribution in [0.1, 0.15) is 16.1 Å². The Morgan fingerprint density at radius 3 is 2.73 bits per heavy atom. The lowest BCUT2D eigenvalue weighted by molar-refractivity contribution is -0.142. The number of aromatic nitrogens is 2. The number of hydrogen-bond acceptors (Lipinski definition) is 5. The molecule has 0 aliphatic heterocycles. The predicted molar refractivity (Wildman–Crippen MR) is 114 cm³/mol.